The number of carbonyl (C=O) groups excluding carboxylic acids is 1. The highest BCUT2D eigenvalue weighted by atomic mass is 19.0. The van der Waals surface area contributed by atoms with Crippen LogP contribution in [0.2, 0.25) is 0 Å². The van der Waals surface area contributed by atoms with E-state index < -0.39 is 0 Å². The Labute approximate surface area is 105 Å². The molecule has 96 valence electrons. The second-order valence-corrected chi connectivity index (χ2v) is 4.08. The number of hydrogen-bond donors (Lipinski definition) is 1. The first-order chi connectivity index (χ1) is 8.26. The molecule has 5 heteroatoms. The molecule has 0 spiro atoms. The van der Waals surface area contributed by atoms with Crippen LogP contribution in [0, 0.1) is 17.2 Å². The number of carbonyl (C=O) groups is 1. The zero-order valence-corrected chi connectivity index (χ0v) is 10.1. The molecule has 1 heterocycles. The lowest BCUT2D eigenvalue weighted by atomic mass is 9.94. The van der Waals surface area contributed by atoms with E-state index in [2.05, 4.69) is 11.4 Å². The summed E-state index contributed by atoms with van der Waals surface area (Å²) in [5.74, 6) is -0.308. The molecule has 1 aromatic rings. The average molecular weight is 250 g/mol. The number of hydrogen-bond acceptors (Lipinski definition) is 4. The first-order valence-electron chi connectivity index (χ1n) is 5.57. The van der Waals surface area contributed by atoms with E-state index in [0.717, 1.165) is 18.5 Å². The molecule has 1 N–H and O–H groups in total. The second kappa shape index (κ2) is 6.12. The van der Waals surface area contributed by atoms with E-state index in [4.69, 9.17) is 10.00 Å². The first-order valence-corrected chi connectivity index (χ1v) is 5.57. The second-order valence-electron chi connectivity index (χ2n) is 4.08. The van der Waals surface area contributed by atoms with Crippen molar-refractivity contribution in [1.82, 2.24) is 5.32 Å². The summed E-state index contributed by atoms with van der Waals surface area (Å²) in [6, 6.07) is 9.38. The van der Waals surface area contributed by atoms with Gasteiger partial charge in [0.1, 0.15) is 0 Å². The van der Waals surface area contributed by atoms with Crippen LogP contribution in [-0.4, -0.2) is 19.6 Å². The number of ether oxygens (including phenoxy) is 1. The minimum Gasteiger partial charge on any atom is -0.469 e. The minimum absolute atomic E-state index is 0. The molecule has 2 atom stereocenters. The third-order valence-electron chi connectivity index (χ3n) is 3.12. The summed E-state index contributed by atoms with van der Waals surface area (Å²) in [5, 5.41) is 12.0. The average Bonchev–Trinajstić information content (AvgIpc) is 2.87. The van der Waals surface area contributed by atoms with Crippen molar-refractivity contribution >= 4 is 5.97 Å². The molecule has 18 heavy (non-hydrogen) atoms. The summed E-state index contributed by atoms with van der Waals surface area (Å²) < 4.78 is 4.80. The Morgan fingerprint density at radius 3 is 2.67 bits per heavy atom. The van der Waals surface area contributed by atoms with Crippen LogP contribution >= 0.6 is 0 Å². The lowest BCUT2D eigenvalue weighted by Gasteiger charge is -2.17. The van der Waals surface area contributed by atoms with Gasteiger partial charge in [-0.3, -0.25) is 9.50 Å². The Kier molecular flexibility index (Phi) is 4.81. The molecule has 1 aromatic carbocycles. The van der Waals surface area contributed by atoms with Gasteiger partial charge in [-0.25, -0.2) is 0 Å². The van der Waals surface area contributed by atoms with E-state index in [0.29, 0.717) is 5.56 Å². The van der Waals surface area contributed by atoms with Gasteiger partial charge in [-0.2, -0.15) is 5.26 Å². The molecule has 4 nitrogen and oxygen atoms in total. The smallest absolute Gasteiger partial charge is 0.310 e. The summed E-state index contributed by atoms with van der Waals surface area (Å²) in [4.78, 5) is 11.6. The largest absolute Gasteiger partial charge is 0.469 e. The fourth-order valence-corrected chi connectivity index (χ4v) is 2.22. The number of benzene rings is 1. The van der Waals surface area contributed by atoms with Gasteiger partial charge in [0.25, 0.3) is 0 Å². The van der Waals surface area contributed by atoms with Crippen LogP contribution in [0.1, 0.15) is 23.6 Å². The molecule has 0 aliphatic carbocycles. The summed E-state index contributed by atoms with van der Waals surface area (Å²) in [6.45, 7) is 0.810. The van der Waals surface area contributed by atoms with Gasteiger partial charge in [-0.15, -0.1) is 0 Å². The molecule has 0 radical (unpaired) electrons. The topological polar surface area (TPSA) is 62.1 Å². The molecule has 1 aliphatic rings. The zero-order chi connectivity index (χ0) is 12.3. The lowest BCUT2D eigenvalue weighted by Crippen LogP contribution is -2.24. The third kappa shape index (κ3) is 2.66. The number of halogens is 1. The van der Waals surface area contributed by atoms with E-state index in [1.807, 2.05) is 12.1 Å². The van der Waals surface area contributed by atoms with Crippen molar-refractivity contribution in [3.05, 3.63) is 35.4 Å². The van der Waals surface area contributed by atoms with E-state index in [-0.39, 0.29) is 22.6 Å². The van der Waals surface area contributed by atoms with Crippen LogP contribution in [0.5, 0.6) is 0 Å². The van der Waals surface area contributed by atoms with Crippen molar-refractivity contribution in [3.63, 3.8) is 0 Å². The summed E-state index contributed by atoms with van der Waals surface area (Å²) in [6.07, 6.45) is 0.789. The molecule has 0 unspecified atom stereocenters. The fourth-order valence-electron chi connectivity index (χ4n) is 2.22. The maximum atomic E-state index is 11.6. The number of rotatable bonds is 2. The van der Waals surface area contributed by atoms with Crippen LogP contribution in [0.25, 0.3) is 0 Å². The molecular weight excluding hydrogens is 235 g/mol. The quantitative estimate of drug-likeness (QED) is 0.809. The molecule has 0 aromatic heterocycles. The number of esters is 1. The number of nitrogens with one attached hydrogen (secondary N) is 1. The maximum absolute atomic E-state index is 11.6. The van der Waals surface area contributed by atoms with Gasteiger partial charge in [0, 0.05) is 6.04 Å². The Bertz CT molecular complexity index is 453. The van der Waals surface area contributed by atoms with E-state index in [1.54, 1.807) is 12.1 Å². The van der Waals surface area contributed by atoms with E-state index >= 15 is 0 Å². The van der Waals surface area contributed by atoms with Crippen molar-refractivity contribution < 1.29 is 14.2 Å². The van der Waals surface area contributed by atoms with Crippen LogP contribution in [0.4, 0.5) is 4.70 Å². The van der Waals surface area contributed by atoms with Gasteiger partial charge in [0.15, 0.2) is 0 Å². The first kappa shape index (κ1) is 14.1. The highest BCUT2D eigenvalue weighted by Crippen LogP contribution is 2.30. The van der Waals surface area contributed by atoms with E-state index in [1.165, 1.54) is 7.11 Å². The highest BCUT2D eigenvalue weighted by molar-refractivity contribution is 5.74. The predicted octanol–water partition coefficient (Wildman–Crippen LogP) is 1.53. The number of nitriles is 1. The van der Waals surface area contributed by atoms with Gasteiger partial charge < -0.3 is 10.1 Å². The summed E-state index contributed by atoms with van der Waals surface area (Å²) >= 11 is 0. The summed E-state index contributed by atoms with van der Waals surface area (Å²) in [5.41, 5.74) is 1.65. The van der Waals surface area contributed by atoms with Crippen molar-refractivity contribution in [2.45, 2.75) is 12.5 Å². The number of methoxy groups -OCH3 is 1. The van der Waals surface area contributed by atoms with Crippen LogP contribution in [-0.2, 0) is 9.53 Å². The van der Waals surface area contributed by atoms with Crippen LogP contribution in [0.15, 0.2) is 24.3 Å². The Morgan fingerprint density at radius 2 is 2.11 bits per heavy atom. The van der Waals surface area contributed by atoms with E-state index in [9.17, 15) is 4.79 Å². The van der Waals surface area contributed by atoms with Crippen molar-refractivity contribution in [2.24, 2.45) is 5.92 Å². The van der Waals surface area contributed by atoms with Gasteiger partial charge >= 0.3 is 5.97 Å². The molecular formula is C13H15FN2O2. The molecule has 2 rings (SSSR count). The standard InChI is InChI=1S/C13H14N2O2.FH/c1-17-13(16)11-6-7-15-12(11)10-4-2-9(8-14)3-5-10;/h2-5,11-12,15H,6-7H2,1H3;1H/t11-,12+;/m0./s1. The molecule has 1 saturated heterocycles. The monoisotopic (exact) mass is 250 g/mol. The predicted molar refractivity (Wildman–Crippen MR) is 64.5 cm³/mol. The Balaban J connectivity index is 0.00000162. The lowest BCUT2D eigenvalue weighted by molar-refractivity contribution is -0.145. The van der Waals surface area contributed by atoms with Crippen molar-refractivity contribution in [1.29, 1.82) is 5.26 Å². The molecule has 0 saturated carbocycles. The van der Waals surface area contributed by atoms with Crippen molar-refractivity contribution in [2.75, 3.05) is 13.7 Å². The molecule has 1 fully saturated rings. The SMILES string of the molecule is COC(=O)[C@H]1CCN[C@@H]1c1ccc(C#N)cc1.F. The summed E-state index contributed by atoms with van der Waals surface area (Å²) in [7, 11) is 1.41. The fraction of sp³-hybridized carbons (Fsp3) is 0.385. The highest BCUT2D eigenvalue weighted by Gasteiger charge is 2.34. The molecule has 0 bridgehead atoms. The Morgan fingerprint density at radius 1 is 1.44 bits per heavy atom. The van der Waals surface area contributed by atoms with Gasteiger partial charge in [0.2, 0.25) is 0 Å². The van der Waals surface area contributed by atoms with Gasteiger partial charge in [-0.05, 0) is 30.7 Å². The van der Waals surface area contributed by atoms with Crippen LogP contribution < -0.4 is 5.32 Å². The minimum atomic E-state index is -0.177. The van der Waals surface area contributed by atoms with Crippen LogP contribution in [0.3, 0.4) is 0 Å². The molecule has 1 aliphatic heterocycles. The van der Waals surface area contributed by atoms with Crippen molar-refractivity contribution in [3.8, 4) is 6.07 Å². The number of nitrogens with zero attached hydrogens (tertiary/aromatic N) is 1. The normalized spacial score (nSPS) is 21.8. The van der Waals surface area contributed by atoms with Gasteiger partial charge in [-0.1, -0.05) is 12.1 Å². The maximum Gasteiger partial charge on any atom is 0.310 e. The molecule has 0 amide bonds. The zero-order valence-electron chi connectivity index (χ0n) is 10.1. The Hall–Kier alpha value is -1.93. The third-order valence-corrected chi connectivity index (χ3v) is 3.12. The van der Waals surface area contributed by atoms with Gasteiger partial charge in [0.05, 0.1) is 24.7 Å².